The van der Waals surface area contributed by atoms with Gasteiger partial charge in [0, 0.05) is 18.0 Å². The molecule has 0 saturated carbocycles. The second kappa shape index (κ2) is 8.11. The molecule has 1 aromatic heterocycles. The number of rotatable bonds is 8. The van der Waals surface area contributed by atoms with Gasteiger partial charge in [-0.2, -0.15) is 5.10 Å². The molecule has 0 radical (unpaired) electrons. The number of fused-ring (bicyclic) bond motifs is 1. The number of nitrogens with zero attached hydrogens (tertiary/aromatic N) is 3. The van der Waals surface area contributed by atoms with Crippen LogP contribution in [0.1, 0.15) is 40.5 Å². The summed E-state index contributed by atoms with van der Waals surface area (Å²) in [6, 6.07) is 9.07. The first kappa shape index (κ1) is 17.5. The maximum absolute atomic E-state index is 4.67. The average Bonchev–Trinajstić information content (AvgIpc) is 2.82. The third-order valence-corrected chi connectivity index (χ3v) is 4.95. The number of benzene rings is 1. The standard InChI is InChI=1S/C18H28BrN3/c1-5-21(6-2)15(13-14(3)4)11-12-22-17-10-8-7-9-16(17)18(19)20-22/h7-10,14-15H,5-6,11-13H2,1-4H3. The van der Waals surface area contributed by atoms with Crippen LogP contribution in [-0.4, -0.2) is 33.8 Å². The minimum atomic E-state index is 0.636. The molecule has 0 saturated heterocycles. The van der Waals surface area contributed by atoms with Gasteiger partial charge < -0.3 is 4.90 Å². The van der Waals surface area contributed by atoms with Crippen LogP contribution < -0.4 is 0 Å². The highest BCUT2D eigenvalue weighted by Gasteiger charge is 2.18. The fourth-order valence-electron chi connectivity index (χ4n) is 3.26. The lowest BCUT2D eigenvalue weighted by atomic mass is 9.99. The van der Waals surface area contributed by atoms with Crippen molar-refractivity contribution in [3.05, 3.63) is 28.9 Å². The quantitative estimate of drug-likeness (QED) is 0.659. The molecule has 1 heterocycles. The van der Waals surface area contributed by atoms with E-state index in [2.05, 4.69) is 82.6 Å². The Balaban J connectivity index is 2.13. The van der Waals surface area contributed by atoms with Crippen LogP contribution in [0.3, 0.4) is 0 Å². The van der Waals surface area contributed by atoms with E-state index in [4.69, 9.17) is 0 Å². The van der Waals surface area contributed by atoms with E-state index >= 15 is 0 Å². The van der Waals surface area contributed by atoms with Crippen LogP contribution in [0, 0.1) is 5.92 Å². The average molecular weight is 366 g/mol. The Kier molecular flexibility index (Phi) is 6.45. The summed E-state index contributed by atoms with van der Waals surface area (Å²) in [5.74, 6) is 0.728. The summed E-state index contributed by atoms with van der Waals surface area (Å²) in [6.07, 6.45) is 2.40. The molecule has 0 N–H and O–H groups in total. The van der Waals surface area contributed by atoms with E-state index in [0.717, 1.165) is 36.6 Å². The molecule has 1 unspecified atom stereocenters. The number of aryl methyl sites for hydroxylation is 1. The Bertz CT molecular complexity index is 587. The number of hydrogen-bond acceptors (Lipinski definition) is 2. The molecule has 0 spiro atoms. The molecule has 0 aliphatic heterocycles. The Morgan fingerprint density at radius 2 is 1.86 bits per heavy atom. The maximum Gasteiger partial charge on any atom is 0.135 e. The highest BCUT2D eigenvalue weighted by molar-refractivity contribution is 9.10. The van der Waals surface area contributed by atoms with E-state index in [1.165, 1.54) is 17.3 Å². The first-order chi connectivity index (χ1) is 10.6. The zero-order valence-electron chi connectivity index (χ0n) is 14.2. The van der Waals surface area contributed by atoms with Crippen molar-refractivity contribution in [2.45, 2.75) is 53.1 Å². The molecular formula is C18H28BrN3. The molecule has 4 heteroatoms. The van der Waals surface area contributed by atoms with Gasteiger partial charge in [-0.05, 0) is 53.8 Å². The summed E-state index contributed by atoms with van der Waals surface area (Å²) in [5.41, 5.74) is 1.22. The molecule has 0 aliphatic rings. The van der Waals surface area contributed by atoms with Gasteiger partial charge in [0.05, 0.1) is 5.52 Å². The normalized spacial score (nSPS) is 13.4. The van der Waals surface area contributed by atoms with Crippen LogP contribution >= 0.6 is 15.9 Å². The van der Waals surface area contributed by atoms with Crippen LogP contribution in [0.4, 0.5) is 0 Å². The topological polar surface area (TPSA) is 21.1 Å². The first-order valence-corrected chi connectivity index (χ1v) is 9.21. The molecule has 122 valence electrons. The van der Waals surface area contributed by atoms with Crippen molar-refractivity contribution < 1.29 is 0 Å². The maximum atomic E-state index is 4.67. The number of aromatic nitrogens is 2. The molecule has 3 nitrogen and oxygen atoms in total. The summed E-state index contributed by atoms with van der Waals surface area (Å²) in [6.45, 7) is 12.4. The zero-order chi connectivity index (χ0) is 16.1. The summed E-state index contributed by atoms with van der Waals surface area (Å²) in [4.78, 5) is 2.58. The highest BCUT2D eigenvalue weighted by atomic mass is 79.9. The molecule has 0 bridgehead atoms. The van der Waals surface area contributed by atoms with Gasteiger partial charge in [0.15, 0.2) is 0 Å². The lowest BCUT2D eigenvalue weighted by Gasteiger charge is -2.31. The summed E-state index contributed by atoms with van der Waals surface area (Å²) in [7, 11) is 0. The molecule has 1 atom stereocenters. The summed E-state index contributed by atoms with van der Waals surface area (Å²) in [5, 5.41) is 5.87. The van der Waals surface area contributed by atoms with Crippen molar-refractivity contribution >= 4 is 26.8 Å². The molecule has 2 rings (SSSR count). The monoisotopic (exact) mass is 365 g/mol. The largest absolute Gasteiger partial charge is 0.301 e. The molecule has 22 heavy (non-hydrogen) atoms. The molecule has 1 aromatic carbocycles. The lowest BCUT2D eigenvalue weighted by molar-refractivity contribution is 0.174. The number of para-hydroxylation sites is 1. The highest BCUT2D eigenvalue weighted by Crippen LogP contribution is 2.24. The summed E-state index contributed by atoms with van der Waals surface area (Å²) < 4.78 is 3.10. The SMILES string of the molecule is CCN(CC)C(CCn1nc(Br)c2ccccc21)CC(C)C. The Labute approximate surface area is 142 Å². The minimum absolute atomic E-state index is 0.636. The molecular weight excluding hydrogens is 338 g/mol. The van der Waals surface area contributed by atoms with Crippen LogP contribution in [0.5, 0.6) is 0 Å². The van der Waals surface area contributed by atoms with Crippen molar-refractivity contribution in [3.8, 4) is 0 Å². The molecule has 2 aromatic rings. The predicted molar refractivity (Wildman–Crippen MR) is 98.2 cm³/mol. The van der Waals surface area contributed by atoms with Crippen LogP contribution in [-0.2, 0) is 6.54 Å². The lowest BCUT2D eigenvalue weighted by Crippen LogP contribution is -2.36. The molecule has 0 amide bonds. The Morgan fingerprint density at radius 3 is 2.50 bits per heavy atom. The van der Waals surface area contributed by atoms with Gasteiger partial charge in [0.25, 0.3) is 0 Å². The van der Waals surface area contributed by atoms with Crippen molar-refractivity contribution in [2.75, 3.05) is 13.1 Å². The number of halogens is 1. The van der Waals surface area contributed by atoms with E-state index in [-0.39, 0.29) is 0 Å². The second-order valence-electron chi connectivity index (χ2n) is 6.32. The third-order valence-electron chi connectivity index (χ3n) is 4.36. The minimum Gasteiger partial charge on any atom is -0.301 e. The van der Waals surface area contributed by atoms with Crippen LogP contribution in [0.15, 0.2) is 28.9 Å². The summed E-state index contributed by atoms with van der Waals surface area (Å²) >= 11 is 3.58. The van der Waals surface area contributed by atoms with Crippen molar-refractivity contribution in [1.82, 2.24) is 14.7 Å². The first-order valence-electron chi connectivity index (χ1n) is 8.41. The van der Waals surface area contributed by atoms with Crippen molar-refractivity contribution in [2.24, 2.45) is 5.92 Å². The van der Waals surface area contributed by atoms with Gasteiger partial charge in [0.2, 0.25) is 0 Å². The van der Waals surface area contributed by atoms with E-state index in [1.54, 1.807) is 0 Å². The van der Waals surface area contributed by atoms with Gasteiger partial charge in [-0.3, -0.25) is 4.68 Å². The van der Waals surface area contributed by atoms with E-state index in [1.807, 2.05) is 0 Å². The van der Waals surface area contributed by atoms with E-state index in [9.17, 15) is 0 Å². The third kappa shape index (κ3) is 4.11. The smallest absolute Gasteiger partial charge is 0.135 e. The Morgan fingerprint density at radius 1 is 1.18 bits per heavy atom. The molecule has 0 aliphatic carbocycles. The fourth-order valence-corrected chi connectivity index (χ4v) is 3.79. The van der Waals surface area contributed by atoms with Crippen LogP contribution in [0.2, 0.25) is 0 Å². The predicted octanol–water partition coefficient (Wildman–Crippen LogP) is 4.95. The van der Waals surface area contributed by atoms with Gasteiger partial charge in [-0.15, -0.1) is 0 Å². The number of hydrogen-bond donors (Lipinski definition) is 0. The van der Waals surface area contributed by atoms with Gasteiger partial charge >= 0.3 is 0 Å². The van der Waals surface area contributed by atoms with Crippen molar-refractivity contribution in [1.29, 1.82) is 0 Å². The van der Waals surface area contributed by atoms with Gasteiger partial charge in [0.1, 0.15) is 4.60 Å². The van der Waals surface area contributed by atoms with Gasteiger partial charge in [-0.25, -0.2) is 0 Å². The van der Waals surface area contributed by atoms with Crippen molar-refractivity contribution in [3.63, 3.8) is 0 Å². The van der Waals surface area contributed by atoms with Gasteiger partial charge in [-0.1, -0.05) is 45.9 Å². The Hall–Kier alpha value is -0.870. The van der Waals surface area contributed by atoms with Crippen LogP contribution in [0.25, 0.3) is 10.9 Å². The van der Waals surface area contributed by atoms with E-state index in [0.29, 0.717) is 6.04 Å². The zero-order valence-corrected chi connectivity index (χ0v) is 15.8. The molecule has 0 fully saturated rings. The second-order valence-corrected chi connectivity index (χ2v) is 7.08. The fraction of sp³-hybridized carbons (Fsp3) is 0.611. The van der Waals surface area contributed by atoms with E-state index < -0.39 is 0 Å².